The number of anilines is 1. The summed E-state index contributed by atoms with van der Waals surface area (Å²) in [5, 5.41) is 4.20. The van der Waals surface area contributed by atoms with E-state index in [9.17, 15) is 0 Å². The maximum Gasteiger partial charge on any atom is 0.230 e. The number of hydrogen-bond acceptors (Lipinski definition) is 3. The van der Waals surface area contributed by atoms with E-state index >= 15 is 0 Å². The van der Waals surface area contributed by atoms with Crippen LogP contribution in [0.4, 0.5) is 5.88 Å². The van der Waals surface area contributed by atoms with Gasteiger partial charge in [-0.2, -0.15) is 0 Å². The highest BCUT2D eigenvalue weighted by Gasteiger charge is 2.21. The van der Waals surface area contributed by atoms with Gasteiger partial charge >= 0.3 is 0 Å². The third-order valence-corrected chi connectivity index (χ3v) is 4.66. The van der Waals surface area contributed by atoms with Crippen LogP contribution in [0.5, 0.6) is 0 Å². The minimum absolute atomic E-state index is 0.429. The Morgan fingerprint density at radius 1 is 1.15 bits per heavy atom. The summed E-state index contributed by atoms with van der Waals surface area (Å²) < 4.78 is 6.30. The fraction of sp³-hybridized carbons (Fsp3) is 0.438. The van der Waals surface area contributed by atoms with Crippen LogP contribution >= 0.6 is 15.9 Å². The topological polar surface area (TPSA) is 52.0 Å². The lowest BCUT2D eigenvalue weighted by Crippen LogP contribution is -2.10. The zero-order valence-corrected chi connectivity index (χ0v) is 13.0. The number of rotatable bonds is 3. The summed E-state index contributed by atoms with van der Waals surface area (Å²) in [4.78, 5) is 0. The quantitative estimate of drug-likeness (QED) is 0.876. The molecule has 20 heavy (non-hydrogen) atoms. The molecule has 0 saturated heterocycles. The second-order valence-electron chi connectivity index (χ2n) is 5.58. The van der Waals surface area contributed by atoms with Crippen molar-refractivity contribution in [3.8, 4) is 11.1 Å². The fourth-order valence-corrected chi connectivity index (χ4v) is 3.33. The van der Waals surface area contributed by atoms with Gasteiger partial charge in [0.05, 0.1) is 11.3 Å². The van der Waals surface area contributed by atoms with Crippen LogP contribution in [0.3, 0.4) is 0 Å². The molecule has 0 radical (unpaired) electrons. The molecule has 1 saturated carbocycles. The molecule has 0 amide bonds. The monoisotopic (exact) mass is 334 g/mol. The van der Waals surface area contributed by atoms with E-state index in [1.807, 2.05) is 12.1 Å². The van der Waals surface area contributed by atoms with Gasteiger partial charge in [-0.15, -0.1) is 0 Å². The number of hydrogen-bond donors (Lipinski definition) is 1. The zero-order valence-electron chi connectivity index (χ0n) is 11.4. The first kappa shape index (κ1) is 13.7. The van der Waals surface area contributed by atoms with Crippen molar-refractivity contribution in [1.29, 1.82) is 0 Å². The molecule has 1 aliphatic rings. The van der Waals surface area contributed by atoms with E-state index in [2.05, 4.69) is 33.2 Å². The molecular formula is C16H19BrN2O. The van der Waals surface area contributed by atoms with Gasteiger partial charge in [-0.05, 0) is 30.0 Å². The molecule has 0 unspecified atom stereocenters. The molecule has 0 aliphatic heterocycles. The van der Waals surface area contributed by atoms with E-state index < -0.39 is 0 Å². The van der Waals surface area contributed by atoms with E-state index in [4.69, 9.17) is 10.3 Å². The van der Waals surface area contributed by atoms with Crippen LogP contribution in [-0.2, 0) is 6.42 Å². The molecule has 1 heterocycles. The summed E-state index contributed by atoms with van der Waals surface area (Å²) in [6.07, 6.45) is 7.62. The maximum absolute atomic E-state index is 5.98. The van der Waals surface area contributed by atoms with Gasteiger partial charge in [-0.3, -0.25) is 0 Å². The van der Waals surface area contributed by atoms with E-state index in [1.165, 1.54) is 32.1 Å². The summed E-state index contributed by atoms with van der Waals surface area (Å²) in [5.41, 5.74) is 9.04. The van der Waals surface area contributed by atoms with Crippen molar-refractivity contribution < 1.29 is 4.52 Å². The Balaban J connectivity index is 1.86. The molecule has 2 aromatic rings. The number of halogens is 1. The Bertz CT molecular complexity index is 571. The van der Waals surface area contributed by atoms with E-state index in [-0.39, 0.29) is 0 Å². The lowest BCUT2D eigenvalue weighted by atomic mass is 9.85. The van der Waals surface area contributed by atoms with Crippen LogP contribution < -0.4 is 5.73 Å². The summed E-state index contributed by atoms with van der Waals surface area (Å²) >= 11 is 3.46. The molecule has 1 fully saturated rings. The van der Waals surface area contributed by atoms with Crippen molar-refractivity contribution >= 4 is 21.8 Å². The van der Waals surface area contributed by atoms with Crippen molar-refractivity contribution in [3.05, 3.63) is 34.4 Å². The van der Waals surface area contributed by atoms with Crippen LogP contribution in [0.15, 0.2) is 33.3 Å². The van der Waals surface area contributed by atoms with Gasteiger partial charge in [0.15, 0.2) is 0 Å². The van der Waals surface area contributed by atoms with E-state index in [0.717, 1.165) is 33.6 Å². The molecule has 3 nitrogen and oxygen atoms in total. The first-order chi connectivity index (χ1) is 9.74. The molecule has 3 rings (SSSR count). The van der Waals surface area contributed by atoms with Gasteiger partial charge in [0.2, 0.25) is 5.88 Å². The first-order valence-electron chi connectivity index (χ1n) is 7.24. The number of benzene rings is 1. The smallest absolute Gasteiger partial charge is 0.230 e. The highest BCUT2D eigenvalue weighted by molar-refractivity contribution is 9.10. The average Bonchev–Trinajstić information content (AvgIpc) is 2.82. The van der Waals surface area contributed by atoms with Crippen LogP contribution in [-0.4, -0.2) is 5.16 Å². The van der Waals surface area contributed by atoms with Crippen molar-refractivity contribution in [3.63, 3.8) is 0 Å². The molecule has 1 aromatic heterocycles. The molecule has 106 valence electrons. The lowest BCUT2D eigenvalue weighted by molar-refractivity contribution is 0.345. The number of nitrogens with two attached hydrogens (primary N) is 1. The second kappa shape index (κ2) is 6.00. The van der Waals surface area contributed by atoms with Crippen LogP contribution in [0.25, 0.3) is 11.1 Å². The van der Waals surface area contributed by atoms with Crippen molar-refractivity contribution in [1.82, 2.24) is 5.16 Å². The van der Waals surface area contributed by atoms with Gasteiger partial charge in [-0.25, -0.2) is 0 Å². The number of nitrogen functional groups attached to an aromatic ring is 1. The Morgan fingerprint density at radius 3 is 2.55 bits per heavy atom. The van der Waals surface area contributed by atoms with E-state index in [0.29, 0.717) is 5.88 Å². The highest BCUT2D eigenvalue weighted by Crippen LogP contribution is 2.34. The number of aromatic nitrogens is 1. The van der Waals surface area contributed by atoms with Crippen LogP contribution in [0, 0.1) is 5.92 Å². The Morgan fingerprint density at radius 2 is 1.85 bits per heavy atom. The minimum Gasteiger partial charge on any atom is -0.367 e. The Labute approximate surface area is 127 Å². The van der Waals surface area contributed by atoms with E-state index in [1.54, 1.807) is 0 Å². The molecule has 1 aliphatic carbocycles. The minimum atomic E-state index is 0.429. The summed E-state index contributed by atoms with van der Waals surface area (Å²) in [6, 6.07) is 8.15. The Hall–Kier alpha value is -1.29. The second-order valence-corrected chi connectivity index (χ2v) is 6.50. The predicted molar refractivity (Wildman–Crippen MR) is 84.3 cm³/mol. The number of nitrogens with zero attached hydrogens (tertiary/aromatic N) is 1. The molecule has 0 spiro atoms. The highest BCUT2D eigenvalue weighted by atomic mass is 79.9. The lowest BCUT2D eigenvalue weighted by Gasteiger charge is -2.20. The van der Waals surface area contributed by atoms with Crippen molar-refractivity contribution in [2.75, 3.05) is 5.73 Å². The molecule has 0 atom stereocenters. The zero-order chi connectivity index (χ0) is 13.9. The molecule has 0 bridgehead atoms. The SMILES string of the molecule is Nc1onc(CC2CCCCC2)c1-c1ccc(Br)cc1. The average molecular weight is 335 g/mol. The molecule has 2 N–H and O–H groups in total. The van der Waals surface area contributed by atoms with Crippen LogP contribution in [0.2, 0.25) is 0 Å². The normalized spacial score (nSPS) is 16.4. The maximum atomic E-state index is 5.98. The molecular weight excluding hydrogens is 316 g/mol. The summed E-state index contributed by atoms with van der Waals surface area (Å²) in [6.45, 7) is 0. The van der Waals surface area contributed by atoms with Gasteiger partial charge in [-0.1, -0.05) is 65.3 Å². The summed E-state index contributed by atoms with van der Waals surface area (Å²) in [7, 11) is 0. The molecule has 4 heteroatoms. The van der Waals surface area contributed by atoms with Crippen molar-refractivity contribution in [2.45, 2.75) is 38.5 Å². The van der Waals surface area contributed by atoms with Gasteiger partial charge < -0.3 is 10.3 Å². The first-order valence-corrected chi connectivity index (χ1v) is 8.03. The third-order valence-electron chi connectivity index (χ3n) is 4.13. The molecule has 1 aromatic carbocycles. The van der Waals surface area contributed by atoms with Crippen molar-refractivity contribution in [2.24, 2.45) is 5.92 Å². The summed E-state index contributed by atoms with van der Waals surface area (Å²) in [5.74, 6) is 1.15. The van der Waals surface area contributed by atoms with Crippen LogP contribution in [0.1, 0.15) is 37.8 Å². The fourth-order valence-electron chi connectivity index (χ4n) is 3.07. The Kier molecular flexibility index (Phi) is 4.10. The predicted octanol–water partition coefficient (Wildman–Crippen LogP) is 4.81. The third kappa shape index (κ3) is 2.90. The largest absolute Gasteiger partial charge is 0.367 e. The van der Waals surface area contributed by atoms with Gasteiger partial charge in [0.1, 0.15) is 0 Å². The van der Waals surface area contributed by atoms with Gasteiger partial charge in [0, 0.05) is 4.47 Å². The van der Waals surface area contributed by atoms with Gasteiger partial charge in [0.25, 0.3) is 0 Å². The standard InChI is InChI=1S/C16H19BrN2O/c17-13-8-6-12(7-9-13)15-14(19-20-16(15)18)10-11-4-2-1-3-5-11/h6-9,11H,1-5,10,18H2.